The summed E-state index contributed by atoms with van der Waals surface area (Å²) in [5, 5.41) is 2.83. The summed E-state index contributed by atoms with van der Waals surface area (Å²) in [6.45, 7) is 3.93. The van der Waals surface area contributed by atoms with Crippen LogP contribution in [0.15, 0.2) is 71.6 Å². The van der Waals surface area contributed by atoms with Gasteiger partial charge in [-0.05, 0) is 61.2 Å². The van der Waals surface area contributed by atoms with Gasteiger partial charge in [0.05, 0.1) is 19.1 Å². The Morgan fingerprint density at radius 1 is 0.879 bits per heavy atom. The van der Waals surface area contributed by atoms with Crippen molar-refractivity contribution in [2.45, 2.75) is 31.2 Å². The van der Waals surface area contributed by atoms with E-state index in [2.05, 4.69) is 10.0 Å². The topological polar surface area (TPSA) is 93.7 Å². The highest BCUT2D eigenvalue weighted by Gasteiger charge is 2.27. The molecule has 1 atom stereocenters. The number of benzene rings is 3. The van der Waals surface area contributed by atoms with Crippen LogP contribution in [0.3, 0.4) is 0 Å². The summed E-state index contributed by atoms with van der Waals surface area (Å²) in [6.07, 6.45) is 0.185. The first-order valence-corrected chi connectivity index (χ1v) is 11.9. The smallest absolute Gasteiger partial charge is 0.242 e. The van der Waals surface area contributed by atoms with Crippen LogP contribution in [0.5, 0.6) is 11.5 Å². The number of anilines is 1. The molecule has 0 radical (unpaired) electrons. The van der Waals surface area contributed by atoms with Crippen molar-refractivity contribution in [2.75, 3.05) is 19.5 Å². The van der Waals surface area contributed by atoms with Gasteiger partial charge in [0, 0.05) is 11.8 Å². The van der Waals surface area contributed by atoms with Gasteiger partial charge < -0.3 is 14.8 Å². The lowest BCUT2D eigenvalue weighted by Gasteiger charge is -2.20. The predicted molar refractivity (Wildman–Crippen MR) is 128 cm³/mol. The third-order valence-electron chi connectivity index (χ3n) is 5.34. The molecule has 0 fully saturated rings. The van der Waals surface area contributed by atoms with E-state index in [0.29, 0.717) is 11.4 Å². The molecule has 3 aromatic carbocycles. The Morgan fingerprint density at radius 2 is 1.58 bits per heavy atom. The van der Waals surface area contributed by atoms with Gasteiger partial charge in [0.2, 0.25) is 15.9 Å². The molecular weight excluding hydrogens is 440 g/mol. The second-order valence-electron chi connectivity index (χ2n) is 7.67. The molecule has 3 aromatic rings. The Labute approximate surface area is 194 Å². The highest BCUT2D eigenvalue weighted by Crippen LogP contribution is 2.29. The quantitative estimate of drug-likeness (QED) is 0.498. The van der Waals surface area contributed by atoms with E-state index in [0.717, 1.165) is 16.7 Å². The number of hydrogen-bond donors (Lipinski definition) is 2. The Hall–Kier alpha value is -3.36. The lowest BCUT2D eigenvalue weighted by Crippen LogP contribution is -2.45. The summed E-state index contributed by atoms with van der Waals surface area (Å²) >= 11 is 0. The Kier molecular flexibility index (Phi) is 7.73. The summed E-state index contributed by atoms with van der Waals surface area (Å²) in [7, 11) is -1.14. The van der Waals surface area contributed by atoms with E-state index >= 15 is 0 Å². The maximum absolute atomic E-state index is 13.2. The van der Waals surface area contributed by atoms with Gasteiger partial charge in [0.15, 0.2) is 11.5 Å². The van der Waals surface area contributed by atoms with Crippen molar-refractivity contribution >= 4 is 21.6 Å². The number of carbonyl (C=O) groups is 1. The average molecular weight is 469 g/mol. The zero-order valence-electron chi connectivity index (χ0n) is 19.1. The molecule has 3 rings (SSSR count). The van der Waals surface area contributed by atoms with Crippen molar-refractivity contribution in [3.8, 4) is 11.5 Å². The lowest BCUT2D eigenvalue weighted by molar-refractivity contribution is -0.117. The van der Waals surface area contributed by atoms with Crippen LogP contribution in [0.4, 0.5) is 5.69 Å². The zero-order valence-corrected chi connectivity index (χ0v) is 19.9. The molecule has 0 aliphatic carbocycles. The van der Waals surface area contributed by atoms with Crippen molar-refractivity contribution in [1.29, 1.82) is 0 Å². The summed E-state index contributed by atoms with van der Waals surface area (Å²) in [6, 6.07) is 18.0. The fourth-order valence-electron chi connectivity index (χ4n) is 3.33. The standard InChI is InChI=1S/C25H28N2O5S/c1-17-10-11-20(14-18(17)2)26-25(28)22(15-19-8-6-5-7-9-19)27-33(29,30)21-12-13-23(31-3)24(16-21)32-4/h5-14,16,22,27H,15H2,1-4H3,(H,26,28)/t22-/m1/s1. The van der Waals surface area contributed by atoms with Gasteiger partial charge in [-0.15, -0.1) is 0 Å². The largest absolute Gasteiger partial charge is 0.493 e. The first kappa shape index (κ1) is 24.3. The van der Waals surface area contributed by atoms with Gasteiger partial charge in [0.1, 0.15) is 6.04 Å². The molecule has 0 unspecified atom stereocenters. The van der Waals surface area contributed by atoms with E-state index in [-0.39, 0.29) is 17.1 Å². The molecule has 0 aliphatic heterocycles. The summed E-state index contributed by atoms with van der Waals surface area (Å²) in [5.41, 5.74) is 3.56. The number of amides is 1. The summed E-state index contributed by atoms with van der Waals surface area (Å²) in [4.78, 5) is 13.1. The van der Waals surface area contributed by atoms with Crippen LogP contribution in [0.25, 0.3) is 0 Å². The highest BCUT2D eigenvalue weighted by atomic mass is 32.2. The average Bonchev–Trinajstić information content (AvgIpc) is 2.81. The van der Waals surface area contributed by atoms with Crippen molar-refractivity contribution in [1.82, 2.24) is 4.72 Å². The molecule has 0 saturated heterocycles. The fraction of sp³-hybridized carbons (Fsp3) is 0.240. The maximum Gasteiger partial charge on any atom is 0.242 e. The second-order valence-corrected chi connectivity index (χ2v) is 9.38. The van der Waals surface area contributed by atoms with E-state index in [9.17, 15) is 13.2 Å². The van der Waals surface area contributed by atoms with Crippen LogP contribution >= 0.6 is 0 Å². The first-order chi connectivity index (χ1) is 15.7. The third-order valence-corrected chi connectivity index (χ3v) is 6.81. The minimum absolute atomic E-state index is 0.0304. The van der Waals surface area contributed by atoms with Crippen LogP contribution in [-0.2, 0) is 21.2 Å². The molecule has 8 heteroatoms. The Balaban J connectivity index is 1.90. The number of methoxy groups -OCH3 is 2. The fourth-order valence-corrected chi connectivity index (χ4v) is 4.54. The monoisotopic (exact) mass is 468 g/mol. The van der Waals surface area contributed by atoms with Crippen LogP contribution in [0, 0.1) is 13.8 Å². The second kappa shape index (κ2) is 10.5. The number of hydrogen-bond acceptors (Lipinski definition) is 5. The normalized spacial score (nSPS) is 12.1. The molecule has 0 aliphatic rings. The molecule has 0 heterocycles. The Morgan fingerprint density at radius 3 is 2.21 bits per heavy atom. The van der Waals surface area contributed by atoms with Crippen LogP contribution in [0.1, 0.15) is 16.7 Å². The van der Waals surface area contributed by atoms with Gasteiger partial charge in [0.25, 0.3) is 0 Å². The number of aryl methyl sites for hydroxylation is 2. The summed E-state index contributed by atoms with van der Waals surface area (Å²) < 4.78 is 39.3. The number of nitrogens with one attached hydrogen (secondary N) is 2. The highest BCUT2D eigenvalue weighted by molar-refractivity contribution is 7.89. The van der Waals surface area contributed by atoms with Gasteiger partial charge >= 0.3 is 0 Å². The molecule has 0 aromatic heterocycles. The molecule has 33 heavy (non-hydrogen) atoms. The Bertz CT molecular complexity index is 1230. The van der Waals surface area contributed by atoms with E-state index in [1.807, 2.05) is 56.3 Å². The van der Waals surface area contributed by atoms with Crippen molar-refractivity contribution < 1.29 is 22.7 Å². The zero-order chi connectivity index (χ0) is 24.0. The third kappa shape index (κ3) is 6.12. The molecule has 0 saturated carbocycles. The number of rotatable bonds is 9. The van der Waals surface area contributed by atoms with Crippen molar-refractivity contribution in [3.63, 3.8) is 0 Å². The van der Waals surface area contributed by atoms with E-state index in [1.54, 1.807) is 6.07 Å². The first-order valence-electron chi connectivity index (χ1n) is 10.4. The molecule has 1 amide bonds. The molecule has 2 N–H and O–H groups in total. The van der Waals surface area contributed by atoms with Crippen LogP contribution < -0.4 is 19.5 Å². The van der Waals surface area contributed by atoms with E-state index in [1.165, 1.54) is 32.4 Å². The molecule has 7 nitrogen and oxygen atoms in total. The van der Waals surface area contributed by atoms with Crippen LogP contribution in [-0.4, -0.2) is 34.6 Å². The minimum Gasteiger partial charge on any atom is -0.493 e. The SMILES string of the molecule is COc1ccc(S(=O)(=O)N[C@H](Cc2ccccc2)C(=O)Nc2ccc(C)c(C)c2)cc1OC. The van der Waals surface area contributed by atoms with Gasteiger partial charge in [-0.1, -0.05) is 36.4 Å². The van der Waals surface area contributed by atoms with Crippen molar-refractivity contribution in [3.05, 3.63) is 83.4 Å². The van der Waals surface area contributed by atoms with Crippen molar-refractivity contribution in [2.24, 2.45) is 0 Å². The molecule has 0 bridgehead atoms. The van der Waals surface area contributed by atoms with E-state index in [4.69, 9.17) is 9.47 Å². The molecule has 0 spiro atoms. The van der Waals surface area contributed by atoms with Crippen LogP contribution in [0.2, 0.25) is 0 Å². The minimum atomic E-state index is -4.04. The number of ether oxygens (including phenoxy) is 2. The van der Waals surface area contributed by atoms with E-state index < -0.39 is 22.0 Å². The predicted octanol–water partition coefficient (Wildman–Crippen LogP) is 3.85. The number of sulfonamides is 1. The summed E-state index contributed by atoms with van der Waals surface area (Å²) in [5.74, 6) is 0.232. The number of carbonyl (C=O) groups excluding carboxylic acids is 1. The maximum atomic E-state index is 13.2. The van der Waals surface area contributed by atoms with Gasteiger partial charge in [-0.25, -0.2) is 8.42 Å². The van der Waals surface area contributed by atoms with Gasteiger partial charge in [-0.2, -0.15) is 4.72 Å². The van der Waals surface area contributed by atoms with Gasteiger partial charge in [-0.3, -0.25) is 4.79 Å². The lowest BCUT2D eigenvalue weighted by atomic mass is 10.1. The molecule has 174 valence electrons. The molecular formula is C25H28N2O5S.